The Morgan fingerprint density at radius 1 is 1.26 bits per heavy atom. The molecule has 1 saturated heterocycles. The first-order chi connectivity index (χ1) is 15.9. The molecule has 0 bridgehead atoms. The van der Waals surface area contributed by atoms with Gasteiger partial charge in [0, 0.05) is 13.0 Å². The molecule has 1 aliphatic carbocycles. The molecule has 0 radical (unpaired) electrons. The average Bonchev–Trinajstić information content (AvgIpc) is 3.41. The van der Waals surface area contributed by atoms with Gasteiger partial charge >= 0.3 is 6.36 Å². The fourth-order valence-electron chi connectivity index (χ4n) is 3.93. The van der Waals surface area contributed by atoms with Gasteiger partial charge in [-0.3, -0.25) is 19.1 Å². The normalized spacial score (nSPS) is 21.0. The molecule has 7 nitrogen and oxygen atoms in total. The number of nitrogens with zero attached hydrogens (tertiary/aromatic N) is 1. The first kappa shape index (κ1) is 25.8. The molecule has 2 N–H and O–H groups in total. The van der Waals surface area contributed by atoms with Gasteiger partial charge in [-0.2, -0.15) is 0 Å². The molecule has 34 heavy (non-hydrogen) atoms. The quantitative estimate of drug-likeness (QED) is 0.524. The number of rotatable bonds is 9. The van der Waals surface area contributed by atoms with Gasteiger partial charge in [0.15, 0.2) is 5.78 Å². The van der Waals surface area contributed by atoms with Crippen molar-refractivity contribution in [3.63, 3.8) is 0 Å². The Hall–Kier alpha value is -2.79. The van der Waals surface area contributed by atoms with Crippen LogP contribution >= 0.6 is 0 Å². The van der Waals surface area contributed by atoms with Gasteiger partial charge in [-0.25, -0.2) is 4.39 Å². The molecule has 186 valence electrons. The fraction of sp³-hybridized carbons (Fsp3) is 0.522. The predicted octanol–water partition coefficient (Wildman–Crippen LogP) is 2.58. The summed E-state index contributed by atoms with van der Waals surface area (Å²) in [7, 11) is 0. The standard InChI is InChI=1S/C23H26F4N2O5/c1-14(19(31)12-34-23(25,26)27)28-20(32)17-11-22(9-10-22)13-29(17)21(33)18(30)4-2-3-15-5-7-16(24)8-6-15/h2-3,5-8,14,17-18,30H,4,9-13H2,1H3,(H,28,32)/b3-2+/t14-,17-,18+/m0/s1. The highest BCUT2D eigenvalue weighted by Crippen LogP contribution is 2.55. The lowest BCUT2D eigenvalue weighted by Gasteiger charge is -2.27. The van der Waals surface area contributed by atoms with Crippen LogP contribution in [-0.4, -0.2) is 65.3 Å². The van der Waals surface area contributed by atoms with Crippen molar-refractivity contribution in [3.8, 4) is 0 Å². The van der Waals surface area contributed by atoms with Crippen molar-refractivity contribution in [1.29, 1.82) is 0 Å². The highest BCUT2D eigenvalue weighted by atomic mass is 19.4. The van der Waals surface area contributed by atoms with Crippen molar-refractivity contribution >= 4 is 23.7 Å². The Morgan fingerprint density at radius 2 is 1.91 bits per heavy atom. The lowest BCUT2D eigenvalue weighted by molar-refractivity contribution is -0.320. The zero-order valence-corrected chi connectivity index (χ0v) is 18.5. The number of likely N-dealkylation sites (tertiary alicyclic amines) is 1. The molecule has 0 aromatic heterocycles. The van der Waals surface area contributed by atoms with Gasteiger partial charge in [-0.15, -0.1) is 13.2 Å². The lowest BCUT2D eigenvalue weighted by Crippen LogP contribution is -2.52. The smallest absolute Gasteiger partial charge is 0.383 e. The molecule has 1 heterocycles. The van der Waals surface area contributed by atoms with E-state index in [4.69, 9.17) is 0 Å². The molecule has 3 atom stereocenters. The van der Waals surface area contributed by atoms with Crippen LogP contribution in [0.25, 0.3) is 6.08 Å². The lowest BCUT2D eigenvalue weighted by atomic mass is 10.0. The third-order valence-electron chi connectivity index (χ3n) is 6.10. The van der Waals surface area contributed by atoms with Crippen LogP contribution in [-0.2, 0) is 19.1 Å². The van der Waals surface area contributed by atoms with Crippen molar-refractivity contribution < 1.29 is 41.8 Å². The van der Waals surface area contributed by atoms with Crippen LogP contribution in [0.3, 0.4) is 0 Å². The van der Waals surface area contributed by atoms with Crippen molar-refractivity contribution in [2.45, 2.75) is 57.2 Å². The summed E-state index contributed by atoms with van der Waals surface area (Å²) in [5.74, 6) is -2.66. The minimum absolute atomic E-state index is 0.0300. The van der Waals surface area contributed by atoms with E-state index in [-0.39, 0.29) is 24.2 Å². The zero-order chi connectivity index (χ0) is 25.1. The highest BCUT2D eigenvalue weighted by Gasteiger charge is 2.55. The van der Waals surface area contributed by atoms with E-state index in [1.165, 1.54) is 24.0 Å². The number of amides is 2. The van der Waals surface area contributed by atoms with Crippen LogP contribution in [0.5, 0.6) is 0 Å². The number of benzene rings is 1. The molecule has 2 amide bonds. The minimum atomic E-state index is -4.96. The number of carbonyl (C=O) groups is 3. The van der Waals surface area contributed by atoms with Crippen LogP contribution in [0, 0.1) is 11.2 Å². The van der Waals surface area contributed by atoms with Gasteiger partial charge in [0.1, 0.15) is 24.6 Å². The second kappa shape index (κ2) is 10.2. The second-order valence-corrected chi connectivity index (χ2v) is 8.82. The molecule has 0 unspecified atom stereocenters. The number of hydrogen-bond donors (Lipinski definition) is 2. The molecule has 1 aliphatic heterocycles. The average molecular weight is 486 g/mol. The third-order valence-corrected chi connectivity index (χ3v) is 6.10. The van der Waals surface area contributed by atoms with Crippen LogP contribution in [0.15, 0.2) is 30.3 Å². The van der Waals surface area contributed by atoms with E-state index < -0.39 is 48.8 Å². The van der Waals surface area contributed by atoms with Crippen LogP contribution < -0.4 is 5.32 Å². The van der Waals surface area contributed by atoms with Crippen molar-refractivity contribution in [1.82, 2.24) is 10.2 Å². The first-order valence-corrected chi connectivity index (χ1v) is 10.8. The SMILES string of the molecule is C[C@H](NC(=O)[C@@H]1CC2(CC2)CN1C(=O)[C@H](O)C/C=C/c1ccc(F)cc1)C(=O)COC(F)(F)F. The van der Waals surface area contributed by atoms with Gasteiger partial charge < -0.3 is 15.3 Å². The largest absolute Gasteiger partial charge is 0.522 e. The highest BCUT2D eigenvalue weighted by molar-refractivity contribution is 5.94. The number of aliphatic hydroxyl groups excluding tert-OH is 1. The number of Topliss-reactive ketones (excluding diaryl/α,β-unsaturated/α-hetero) is 1. The maximum absolute atomic E-state index is 13.0. The second-order valence-electron chi connectivity index (χ2n) is 8.82. The molecule has 2 aliphatic rings. The maximum atomic E-state index is 13.0. The summed E-state index contributed by atoms with van der Waals surface area (Å²) in [5.41, 5.74) is 0.470. The molecule has 11 heteroatoms. The van der Waals surface area contributed by atoms with E-state index >= 15 is 0 Å². The predicted molar refractivity (Wildman–Crippen MR) is 112 cm³/mol. The molecular formula is C23H26F4N2O5. The molecule has 2 fully saturated rings. The topological polar surface area (TPSA) is 95.9 Å². The number of carbonyl (C=O) groups excluding carboxylic acids is 3. The molecule has 1 saturated carbocycles. The Balaban J connectivity index is 1.58. The number of ketones is 1. The summed E-state index contributed by atoms with van der Waals surface area (Å²) < 4.78 is 52.9. The summed E-state index contributed by atoms with van der Waals surface area (Å²) >= 11 is 0. The third kappa shape index (κ3) is 6.86. The Morgan fingerprint density at radius 3 is 2.50 bits per heavy atom. The van der Waals surface area contributed by atoms with Gasteiger partial charge in [-0.1, -0.05) is 24.3 Å². The Labute approximate surface area is 193 Å². The number of ether oxygens (including phenoxy) is 1. The summed E-state index contributed by atoms with van der Waals surface area (Å²) in [6.45, 7) is 0.284. The molecule has 1 aromatic rings. The van der Waals surface area contributed by atoms with Gasteiger partial charge in [0.05, 0.1) is 6.04 Å². The van der Waals surface area contributed by atoms with Crippen LogP contribution in [0.4, 0.5) is 17.6 Å². The summed E-state index contributed by atoms with van der Waals surface area (Å²) in [4.78, 5) is 38.8. The summed E-state index contributed by atoms with van der Waals surface area (Å²) in [6.07, 6.45) is -1.24. The maximum Gasteiger partial charge on any atom is 0.522 e. The Kier molecular flexibility index (Phi) is 7.77. The van der Waals surface area contributed by atoms with Gasteiger partial charge in [-0.05, 0) is 49.3 Å². The van der Waals surface area contributed by atoms with E-state index in [9.17, 15) is 37.1 Å². The van der Waals surface area contributed by atoms with E-state index in [0.29, 0.717) is 12.0 Å². The number of hydrogen-bond acceptors (Lipinski definition) is 5. The number of halogens is 4. The summed E-state index contributed by atoms with van der Waals surface area (Å²) in [5, 5.41) is 12.8. The van der Waals surface area contributed by atoms with Crippen molar-refractivity contribution in [2.75, 3.05) is 13.2 Å². The van der Waals surface area contributed by atoms with E-state index in [0.717, 1.165) is 12.8 Å². The number of aliphatic hydroxyl groups is 1. The molecule has 3 rings (SSSR count). The number of alkyl halides is 3. The zero-order valence-electron chi connectivity index (χ0n) is 18.5. The Bertz CT molecular complexity index is 944. The van der Waals surface area contributed by atoms with E-state index in [1.54, 1.807) is 24.3 Å². The van der Waals surface area contributed by atoms with Crippen molar-refractivity contribution in [2.24, 2.45) is 5.41 Å². The van der Waals surface area contributed by atoms with Crippen LogP contribution in [0.1, 0.15) is 38.2 Å². The molecule has 1 spiro atoms. The van der Waals surface area contributed by atoms with Gasteiger partial charge in [0.25, 0.3) is 5.91 Å². The monoisotopic (exact) mass is 486 g/mol. The van der Waals surface area contributed by atoms with E-state index in [2.05, 4.69) is 10.1 Å². The summed E-state index contributed by atoms with van der Waals surface area (Å²) in [6, 6.07) is 3.46. The molecule has 1 aromatic carbocycles. The van der Waals surface area contributed by atoms with Crippen molar-refractivity contribution in [3.05, 3.63) is 41.7 Å². The molecular weight excluding hydrogens is 460 g/mol. The van der Waals surface area contributed by atoms with E-state index in [1.807, 2.05) is 0 Å². The van der Waals surface area contributed by atoms with Gasteiger partial charge in [0.2, 0.25) is 5.91 Å². The fourth-order valence-corrected chi connectivity index (χ4v) is 3.93. The van der Waals surface area contributed by atoms with Crippen LogP contribution in [0.2, 0.25) is 0 Å². The minimum Gasteiger partial charge on any atom is -0.383 e. The first-order valence-electron chi connectivity index (χ1n) is 10.8. The number of nitrogens with one attached hydrogen (secondary N) is 1.